The standard InChI is InChI=1S/C22H20N2O4S/c1-13(2)27-19-10-6-7-14-11-15(21(25)28-20(14)19)17-12-29-22(24-17)23-16-8-4-5-9-18(16)26-3/h4-13H,1-3H3,(H,23,24). The highest BCUT2D eigenvalue weighted by Gasteiger charge is 2.15. The normalized spacial score (nSPS) is 11.0. The molecule has 0 aliphatic rings. The molecule has 0 aliphatic carbocycles. The summed E-state index contributed by atoms with van der Waals surface area (Å²) < 4.78 is 16.7. The molecule has 0 saturated carbocycles. The highest BCUT2D eigenvalue weighted by molar-refractivity contribution is 7.14. The van der Waals surface area contributed by atoms with Gasteiger partial charge in [-0.05, 0) is 38.1 Å². The lowest BCUT2D eigenvalue weighted by molar-refractivity contribution is 0.241. The number of ether oxygens (including phenoxy) is 2. The molecule has 2 heterocycles. The fourth-order valence-electron chi connectivity index (χ4n) is 2.96. The smallest absolute Gasteiger partial charge is 0.345 e. The molecule has 6 nitrogen and oxygen atoms in total. The van der Waals surface area contributed by atoms with Crippen molar-refractivity contribution in [2.75, 3.05) is 12.4 Å². The van der Waals surface area contributed by atoms with E-state index in [2.05, 4.69) is 10.3 Å². The molecule has 2 aromatic heterocycles. The first-order valence-corrected chi connectivity index (χ1v) is 10.0. The third-order valence-electron chi connectivity index (χ3n) is 4.22. The SMILES string of the molecule is COc1ccccc1Nc1nc(-c2cc3cccc(OC(C)C)c3oc2=O)cs1. The maximum Gasteiger partial charge on any atom is 0.345 e. The summed E-state index contributed by atoms with van der Waals surface area (Å²) in [6.07, 6.45) is -0.0206. The Hall–Kier alpha value is -3.32. The maximum absolute atomic E-state index is 12.6. The second-order valence-electron chi connectivity index (χ2n) is 6.65. The lowest BCUT2D eigenvalue weighted by Gasteiger charge is -2.11. The Bertz CT molecular complexity index is 1210. The van der Waals surface area contributed by atoms with E-state index in [1.54, 1.807) is 19.2 Å². The van der Waals surface area contributed by atoms with Crippen LogP contribution >= 0.6 is 11.3 Å². The zero-order valence-electron chi connectivity index (χ0n) is 16.3. The van der Waals surface area contributed by atoms with E-state index in [0.717, 1.165) is 11.1 Å². The molecule has 1 N–H and O–H groups in total. The number of hydrogen-bond acceptors (Lipinski definition) is 7. The Morgan fingerprint density at radius 2 is 1.90 bits per heavy atom. The molecule has 2 aromatic carbocycles. The van der Waals surface area contributed by atoms with Crippen LogP contribution < -0.4 is 20.4 Å². The highest BCUT2D eigenvalue weighted by atomic mass is 32.1. The third kappa shape index (κ3) is 3.95. The molecule has 0 fully saturated rings. The van der Waals surface area contributed by atoms with E-state index < -0.39 is 5.63 Å². The van der Waals surface area contributed by atoms with Crippen molar-refractivity contribution in [3.8, 4) is 22.8 Å². The molecule has 0 aliphatic heterocycles. The molecule has 0 spiro atoms. The molecule has 4 aromatic rings. The zero-order chi connectivity index (χ0) is 20.4. The number of benzene rings is 2. The summed E-state index contributed by atoms with van der Waals surface area (Å²) in [4.78, 5) is 17.2. The molecule has 29 heavy (non-hydrogen) atoms. The molecule has 0 atom stereocenters. The molecular weight excluding hydrogens is 388 g/mol. The molecule has 0 bridgehead atoms. The summed E-state index contributed by atoms with van der Waals surface area (Å²) in [7, 11) is 1.62. The zero-order valence-corrected chi connectivity index (χ0v) is 17.1. The largest absolute Gasteiger partial charge is 0.495 e. The minimum absolute atomic E-state index is 0.0206. The van der Waals surface area contributed by atoms with Crippen molar-refractivity contribution in [1.29, 1.82) is 0 Å². The van der Waals surface area contributed by atoms with Crippen molar-refractivity contribution in [3.05, 3.63) is 64.3 Å². The van der Waals surface area contributed by atoms with E-state index in [-0.39, 0.29) is 6.10 Å². The van der Waals surface area contributed by atoms with Gasteiger partial charge in [-0.1, -0.05) is 24.3 Å². The van der Waals surface area contributed by atoms with Crippen molar-refractivity contribution in [2.24, 2.45) is 0 Å². The van der Waals surface area contributed by atoms with Crippen LogP contribution in [0.5, 0.6) is 11.5 Å². The average Bonchev–Trinajstić information content (AvgIpc) is 3.16. The minimum Gasteiger partial charge on any atom is -0.495 e. The van der Waals surface area contributed by atoms with Gasteiger partial charge in [-0.3, -0.25) is 0 Å². The first-order chi connectivity index (χ1) is 14.0. The van der Waals surface area contributed by atoms with Gasteiger partial charge >= 0.3 is 5.63 Å². The molecule has 0 saturated heterocycles. The molecule has 148 valence electrons. The lowest BCUT2D eigenvalue weighted by atomic mass is 10.1. The summed E-state index contributed by atoms with van der Waals surface area (Å²) in [5.41, 5.74) is 1.75. The minimum atomic E-state index is -0.452. The van der Waals surface area contributed by atoms with Gasteiger partial charge in [0.15, 0.2) is 16.5 Å². The maximum atomic E-state index is 12.6. The predicted molar refractivity (Wildman–Crippen MR) is 116 cm³/mol. The molecular formula is C22H20N2O4S. The third-order valence-corrected chi connectivity index (χ3v) is 4.97. The van der Waals surface area contributed by atoms with Gasteiger partial charge in [0.05, 0.1) is 30.2 Å². The number of aromatic nitrogens is 1. The van der Waals surface area contributed by atoms with Crippen molar-refractivity contribution < 1.29 is 13.9 Å². The van der Waals surface area contributed by atoms with Crippen LogP contribution in [-0.4, -0.2) is 18.2 Å². The highest BCUT2D eigenvalue weighted by Crippen LogP contribution is 2.32. The van der Waals surface area contributed by atoms with Crippen LogP contribution in [0.15, 0.2) is 63.1 Å². The number of nitrogens with zero attached hydrogens (tertiary/aromatic N) is 1. The van der Waals surface area contributed by atoms with E-state index in [0.29, 0.717) is 33.5 Å². The average molecular weight is 408 g/mol. The number of fused-ring (bicyclic) bond motifs is 1. The second kappa shape index (κ2) is 7.97. The number of para-hydroxylation sites is 3. The summed E-state index contributed by atoms with van der Waals surface area (Å²) >= 11 is 1.40. The number of hydrogen-bond donors (Lipinski definition) is 1. The van der Waals surface area contributed by atoms with Gasteiger partial charge in [0.2, 0.25) is 0 Å². The first-order valence-electron chi connectivity index (χ1n) is 9.14. The Morgan fingerprint density at radius 1 is 1.10 bits per heavy atom. The Morgan fingerprint density at radius 3 is 2.69 bits per heavy atom. The van der Waals surface area contributed by atoms with Crippen molar-refractivity contribution in [3.63, 3.8) is 0 Å². The number of methoxy groups -OCH3 is 1. The van der Waals surface area contributed by atoms with Gasteiger partial charge in [0.1, 0.15) is 5.75 Å². The Labute approximate surface area is 171 Å². The monoisotopic (exact) mass is 408 g/mol. The second-order valence-corrected chi connectivity index (χ2v) is 7.51. The topological polar surface area (TPSA) is 73.6 Å². The molecule has 0 unspecified atom stereocenters. The molecule has 7 heteroatoms. The van der Waals surface area contributed by atoms with Crippen LogP contribution in [0.1, 0.15) is 13.8 Å². The van der Waals surface area contributed by atoms with Gasteiger partial charge < -0.3 is 19.2 Å². The fourth-order valence-corrected chi connectivity index (χ4v) is 3.68. The van der Waals surface area contributed by atoms with Crippen LogP contribution in [0.4, 0.5) is 10.8 Å². The quantitative estimate of drug-likeness (QED) is 0.427. The summed E-state index contributed by atoms with van der Waals surface area (Å²) in [6, 6.07) is 14.9. The predicted octanol–water partition coefficient (Wildman–Crippen LogP) is 5.46. The summed E-state index contributed by atoms with van der Waals surface area (Å²) in [5, 5.41) is 6.49. The van der Waals surface area contributed by atoms with E-state index in [1.807, 2.05) is 55.6 Å². The van der Waals surface area contributed by atoms with Gasteiger partial charge in [-0.2, -0.15) is 0 Å². The van der Waals surface area contributed by atoms with Crippen LogP contribution in [0.3, 0.4) is 0 Å². The fraction of sp³-hybridized carbons (Fsp3) is 0.182. The van der Waals surface area contributed by atoms with E-state index >= 15 is 0 Å². The van der Waals surface area contributed by atoms with Crippen LogP contribution in [0, 0.1) is 0 Å². The molecule has 0 amide bonds. The number of nitrogens with one attached hydrogen (secondary N) is 1. The van der Waals surface area contributed by atoms with Crippen molar-refractivity contribution in [2.45, 2.75) is 20.0 Å². The van der Waals surface area contributed by atoms with Crippen molar-refractivity contribution in [1.82, 2.24) is 4.98 Å². The van der Waals surface area contributed by atoms with Crippen LogP contribution in [0.2, 0.25) is 0 Å². The van der Waals surface area contributed by atoms with Crippen LogP contribution in [-0.2, 0) is 0 Å². The summed E-state index contributed by atoms with van der Waals surface area (Å²) in [5.74, 6) is 1.27. The number of rotatable bonds is 6. The number of thiazole rings is 1. The van der Waals surface area contributed by atoms with Crippen LogP contribution in [0.25, 0.3) is 22.2 Å². The lowest BCUT2D eigenvalue weighted by Crippen LogP contribution is -2.08. The first kappa shape index (κ1) is 19.0. The van der Waals surface area contributed by atoms with Crippen molar-refractivity contribution >= 4 is 33.1 Å². The Balaban J connectivity index is 1.69. The number of anilines is 2. The molecule has 4 rings (SSSR count). The van der Waals surface area contributed by atoms with Gasteiger partial charge in [-0.25, -0.2) is 9.78 Å². The van der Waals surface area contributed by atoms with E-state index in [9.17, 15) is 4.79 Å². The summed E-state index contributed by atoms with van der Waals surface area (Å²) in [6.45, 7) is 3.85. The van der Waals surface area contributed by atoms with E-state index in [1.165, 1.54) is 11.3 Å². The van der Waals surface area contributed by atoms with Gasteiger partial charge in [0.25, 0.3) is 0 Å². The Kier molecular flexibility index (Phi) is 5.22. The van der Waals surface area contributed by atoms with E-state index in [4.69, 9.17) is 13.9 Å². The molecule has 0 radical (unpaired) electrons. The van der Waals surface area contributed by atoms with Gasteiger partial charge in [-0.15, -0.1) is 11.3 Å². The van der Waals surface area contributed by atoms with Gasteiger partial charge in [0, 0.05) is 10.8 Å².